The summed E-state index contributed by atoms with van der Waals surface area (Å²) in [6.07, 6.45) is 4.18. The molecule has 2 aromatic heterocycles. The number of rotatable bonds is 3. The number of aromatic amines is 1. The molecule has 0 saturated carbocycles. The molecule has 0 saturated heterocycles. The minimum Gasteiger partial charge on any atom is -0.472 e. The maximum atomic E-state index is 5.61. The van der Waals surface area contributed by atoms with Crippen LogP contribution in [0.4, 0.5) is 5.95 Å². The number of nitrogen functional groups attached to an aromatic ring is 1. The summed E-state index contributed by atoms with van der Waals surface area (Å²) in [6.45, 7) is 0.709. The monoisotopic (exact) mass is 210 g/mol. The fraction of sp³-hybridized carbons (Fsp3) is 0.250. The van der Waals surface area contributed by atoms with E-state index >= 15 is 0 Å². The van der Waals surface area contributed by atoms with Crippen molar-refractivity contribution in [3.8, 4) is 0 Å². The van der Waals surface area contributed by atoms with E-state index in [9.17, 15) is 0 Å². The van der Waals surface area contributed by atoms with E-state index in [4.69, 9.17) is 22.4 Å². The van der Waals surface area contributed by atoms with E-state index in [0.29, 0.717) is 17.3 Å². The Bertz CT molecular complexity index is 456. The Kier molecular flexibility index (Phi) is 2.36. The van der Waals surface area contributed by atoms with Crippen LogP contribution in [0.5, 0.6) is 0 Å². The SMILES string of the molecule is Nc1n[nH]c(=S)n1CCc1ccoc1. The molecule has 0 amide bonds. The van der Waals surface area contributed by atoms with Gasteiger partial charge in [0.15, 0.2) is 4.77 Å². The zero-order chi connectivity index (χ0) is 9.97. The van der Waals surface area contributed by atoms with E-state index in [1.54, 1.807) is 17.1 Å². The number of anilines is 1. The van der Waals surface area contributed by atoms with Gasteiger partial charge < -0.3 is 10.2 Å². The number of H-pyrrole nitrogens is 1. The summed E-state index contributed by atoms with van der Waals surface area (Å²) < 4.78 is 7.25. The molecule has 0 aromatic carbocycles. The van der Waals surface area contributed by atoms with Crippen LogP contribution >= 0.6 is 12.2 Å². The Labute approximate surface area is 85.5 Å². The quantitative estimate of drug-likeness (QED) is 0.750. The predicted octanol–water partition coefficient (Wildman–Crippen LogP) is 1.36. The molecule has 0 atom stereocenters. The van der Waals surface area contributed by atoms with Crippen LogP contribution in [0.2, 0.25) is 0 Å². The summed E-state index contributed by atoms with van der Waals surface area (Å²) in [5.74, 6) is 0.415. The minimum absolute atomic E-state index is 0.415. The summed E-state index contributed by atoms with van der Waals surface area (Å²) in [5.41, 5.74) is 6.73. The van der Waals surface area contributed by atoms with E-state index in [2.05, 4.69) is 10.2 Å². The van der Waals surface area contributed by atoms with Gasteiger partial charge in [0.2, 0.25) is 5.95 Å². The lowest BCUT2D eigenvalue weighted by Crippen LogP contribution is -2.05. The Balaban J connectivity index is 2.09. The van der Waals surface area contributed by atoms with Crippen molar-refractivity contribution in [1.29, 1.82) is 0 Å². The highest BCUT2D eigenvalue weighted by atomic mass is 32.1. The normalized spacial score (nSPS) is 10.6. The summed E-state index contributed by atoms with van der Waals surface area (Å²) in [5, 5.41) is 6.45. The number of aryl methyl sites for hydroxylation is 1. The molecule has 0 unspecified atom stereocenters. The zero-order valence-electron chi connectivity index (χ0n) is 7.43. The van der Waals surface area contributed by atoms with Gasteiger partial charge in [0.1, 0.15) is 0 Å². The minimum atomic E-state index is 0.415. The lowest BCUT2D eigenvalue weighted by atomic mass is 10.2. The Morgan fingerprint density at radius 2 is 2.50 bits per heavy atom. The van der Waals surface area contributed by atoms with Gasteiger partial charge in [-0.2, -0.15) is 0 Å². The van der Waals surface area contributed by atoms with Crippen LogP contribution < -0.4 is 5.73 Å². The van der Waals surface area contributed by atoms with Crippen LogP contribution in [0.1, 0.15) is 5.56 Å². The van der Waals surface area contributed by atoms with E-state index in [1.165, 1.54) is 0 Å². The molecule has 0 aliphatic heterocycles. The van der Waals surface area contributed by atoms with Crippen molar-refractivity contribution in [2.45, 2.75) is 13.0 Å². The maximum Gasteiger partial charge on any atom is 0.220 e. The number of nitrogens with zero attached hydrogens (tertiary/aromatic N) is 2. The lowest BCUT2D eigenvalue weighted by Gasteiger charge is -2.00. The van der Waals surface area contributed by atoms with Crippen LogP contribution in [0.25, 0.3) is 0 Å². The van der Waals surface area contributed by atoms with E-state index in [1.807, 2.05) is 6.07 Å². The third kappa shape index (κ3) is 1.69. The van der Waals surface area contributed by atoms with Gasteiger partial charge in [0.05, 0.1) is 12.5 Å². The molecule has 74 valence electrons. The second-order valence-electron chi connectivity index (χ2n) is 2.92. The van der Waals surface area contributed by atoms with Crippen LogP contribution in [-0.4, -0.2) is 14.8 Å². The molecule has 14 heavy (non-hydrogen) atoms. The third-order valence-electron chi connectivity index (χ3n) is 1.99. The number of hydrogen-bond acceptors (Lipinski definition) is 4. The number of nitrogens with two attached hydrogens (primary N) is 1. The molecule has 2 aromatic rings. The average Bonchev–Trinajstić information content (AvgIpc) is 2.76. The molecule has 0 spiro atoms. The van der Waals surface area contributed by atoms with Gasteiger partial charge in [-0.15, -0.1) is 5.10 Å². The fourth-order valence-electron chi connectivity index (χ4n) is 1.22. The molecule has 2 rings (SSSR count). The second-order valence-corrected chi connectivity index (χ2v) is 3.31. The highest BCUT2D eigenvalue weighted by Crippen LogP contribution is 2.05. The molecule has 2 heterocycles. The van der Waals surface area contributed by atoms with Gasteiger partial charge >= 0.3 is 0 Å². The van der Waals surface area contributed by atoms with E-state index in [-0.39, 0.29) is 0 Å². The molecule has 5 nitrogen and oxygen atoms in total. The van der Waals surface area contributed by atoms with E-state index < -0.39 is 0 Å². The van der Waals surface area contributed by atoms with Crippen molar-refractivity contribution in [3.05, 3.63) is 28.9 Å². The summed E-state index contributed by atoms with van der Waals surface area (Å²) in [6, 6.07) is 1.92. The van der Waals surface area contributed by atoms with Gasteiger partial charge in [0.25, 0.3) is 0 Å². The summed E-state index contributed by atoms with van der Waals surface area (Å²) in [7, 11) is 0. The third-order valence-corrected chi connectivity index (χ3v) is 2.30. The van der Waals surface area contributed by atoms with E-state index in [0.717, 1.165) is 12.0 Å². The van der Waals surface area contributed by atoms with Gasteiger partial charge in [0, 0.05) is 6.54 Å². The van der Waals surface area contributed by atoms with Crippen molar-refractivity contribution in [1.82, 2.24) is 14.8 Å². The molecule has 0 bridgehead atoms. The van der Waals surface area contributed by atoms with Gasteiger partial charge in [-0.3, -0.25) is 4.57 Å². The van der Waals surface area contributed by atoms with Crippen LogP contribution in [-0.2, 0) is 13.0 Å². The van der Waals surface area contributed by atoms with Crippen molar-refractivity contribution in [3.63, 3.8) is 0 Å². The van der Waals surface area contributed by atoms with Crippen LogP contribution in [0.15, 0.2) is 23.0 Å². The number of aromatic nitrogens is 3. The average molecular weight is 210 g/mol. The Morgan fingerprint density at radius 3 is 3.07 bits per heavy atom. The first-order chi connectivity index (χ1) is 6.77. The largest absolute Gasteiger partial charge is 0.472 e. The van der Waals surface area contributed by atoms with Gasteiger partial charge in [-0.05, 0) is 30.3 Å². The first-order valence-electron chi connectivity index (χ1n) is 4.19. The molecule has 0 radical (unpaired) electrons. The lowest BCUT2D eigenvalue weighted by molar-refractivity contribution is 0.561. The highest BCUT2D eigenvalue weighted by molar-refractivity contribution is 7.71. The fourth-order valence-corrected chi connectivity index (χ4v) is 1.45. The molecule has 3 N–H and O–H groups in total. The molecular weight excluding hydrogens is 200 g/mol. The smallest absolute Gasteiger partial charge is 0.220 e. The summed E-state index contributed by atoms with van der Waals surface area (Å²) >= 11 is 5.01. The van der Waals surface area contributed by atoms with Crippen molar-refractivity contribution >= 4 is 18.2 Å². The zero-order valence-corrected chi connectivity index (χ0v) is 8.25. The first kappa shape index (κ1) is 9.01. The molecular formula is C8H10N4OS. The summed E-state index contributed by atoms with van der Waals surface area (Å²) in [4.78, 5) is 0. The molecule has 0 aliphatic carbocycles. The molecule has 0 aliphatic rings. The predicted molar refractivity (Wildman–Crippen MR) is 54.2 cm³/mol. The standard InChI is InChI=1S/C8H10N4OS/c9-7-10-11-8(14)12(7)3-1-6-2-4-13-5-6/h2,4-5H,1,3H2,(H2,9,10)(H,11,14). The molecule has 6 heteroatoms. The van der Waals surface area contributed by atoms with Crippen molar-refractivity contribution in [2.24, 2.45) is 0 Å². The maximum absolute atomic E-state index is 5.61. The highest BCUT2D eigenvalue weighted by Gasteiger charge is 2.02. The molecule has 0 fully saturated rings. The number of nitrogens with one attached hydrogen (secondary N) is 1. The Hall–Kier alpha value is -1.56. The number of hydrogen-bond donors (Lipinski definition) is 2. The first-order valence-corrected chi connectivity index (χ1v) is 4.60. The van der Waals surface area contributed by atoms with Gasteiger partial charge in [-0.1, -0.05) is 0 Å². The number of furan rings is 1. The van der Waals surface area contributed by atoms with Crippen LogP contribution in [0.3, 0.4) is 0 Å². The Morgan fingerprint density at radius 1 is 1.64 bits per heavy atom. The van der Waals surface area contributed by atoms with Crippen molar-refractivity contribution < 1.29 is 4.42 Å². The topological polar surface area (TPSA) is 72.8 Å². The van der Waals surface area contributed by atoms with Crippen molar-refractivity contribution in [2.75, 3.05) is 5.73 Å². The van der Waals surface area contributed by atoms with Gasteiger partial charge in [-0.25, -0.2) is 5.10 Å². The second kappa shape index (κ2) is 3.67. The van der Waals surface area contributed by atoms with Crippen LogP contribution in [0, 0.1) is 4.77 Å².